The van der Waals surface area contributed by atoms with Gasteiger partial charge in [-0.1, -0.05) is 24.3 Å². The molecule has 50 valence electrons. The fourth-order valence-corrected chi connectivity index (χ4v) is 0.498. The van der Waals surface area contributed by atoms with Gasteiger partial charge in [-0.2, -0.15) is 0 Å². The van der Waals surface area contributed by atoms with Gasteiger partial charge in [-0.05, 0) is 42.5 Å². The maximum Gasteiger partial charge on any atom is 0.00580 e. The molecular formula is C8H11I. The van der Waals surface area contributed by atoms with E-state index in [0.717, 1.165) is 3.58 Å². The summed E-state index contributed by atoms with van der Waals surface area (Å²) in [5.74, 6) is 0. The van der Waals surface area contributed by atoms with Crippen molar-refractivity contribution in [2.75, 3.05) is 0 Å². The Hall–Kier alpha value is -0.0500. The van der Waals surface area contributed by atoms with E-state index in [4.69, 9.17) is 0 Å². The van der Waals surface area contributed by atoms with Crippen molar-refractivity contribution < 1.29 is 0 Å². The first-order valence-electron chi connectivity index (χ1n) is 2.82. The van der Waals surface area contributed by atoms with Gasteiger partial charge in [0, 0.05) is 3.58 Å². The molecule has 0 aromatic rings. The predicted molar refractivity (Wildman–Crippen MR) is 51.7 cm³/mol. The van der Waals surface area contributed by atoms with Crippen LogP contribution in [0.25, 0.3) is 0 Å². The van der Waals surface area contributed by atoms with Crippen LogP contribution >= 0.6 is 22.6 Å². The van der Waals surface area contributed by atoms with Gasteiger partial charge in [-0.15, -0.1) is 0 Å². The van der Waals surface area contributed by atoms with Crippen LogP contribution in [0.2, 0.25) is 0 Å². The highest BCUT2D eigenvalue weighted by atomic mass is 127. The molecule has 0 saturated heterocycles. The maximum absolute atomic E-state index is 3.73. The maximum atomic E-state index is 3.73. The SMILES string of the molecule is C=C(I)/C=C\C(C)=C/C. The molecule has 0 unspecified atom stereocenters. The molecule has 0 aromatic carbocycles. The van der Waals surface area contributed by atoms with Crippen molar-refractivity contribution in [2.45, 2.75) is 13.8 Å². The molecule has 0 heterocycles. The number of hydrogen-bond donors (Lipinski definition) is 0. The summed E-state index contributed by atoms with van der Waals surface area (Å²) in [6.45, 7) is 7.82. The van der Waals surface area contributed by atoms with E-state index in [1.807, 2.05) is 13.0 Å². The summed E-state index contributed by atoms with van der Waals surface area (Å²) in [4.78, 5) is 0. The van der Waals surface area contributed by atoms with Gasteiger partial charge < -0.3 is 0 Å². The number of rotatable bonds is 2. The Bertz CT molecular complexity index is 152. The molecule has 0 amide bonds. The normalized spacial score (nSPS) is 12.6. The molecule has 0 N–H and O–H groups in total. The van der Waals surface area contributed by atoms with E-state index < -0.39 is 0 Å². The second kappa shape index (κ2) is 4.79. The molecule has 0 radical (unpaired) electrons. The molecule has 0 aliphatic carbocycles. The average Bonchev–Trinajstić information content (AvgIpc) is 1.83. The van der Waals surface area contributed by atoms with E-state index in [-0.39, 0.29) is 0 Å². The Balaban J connectivity index is 3.86. The molecule has 1 heteroatoms. The highest BCUT2D eigenvalue weighted by Gasteiger charge is 1.77. The summed E-state index contributed by atoms with van der Waals surface area (Å²) in [6.07, 6.45) is 6.11. The third-order valence-electron chi connectivity index (χ3n) is 0.982. The molecule has 0 aliphatic heterocycles. The Morgan fingerprint density at radius 2 is 2.00 bits per heavy atom. The second-order valence-electron chi connectivity index (χ2n) is 1.81. The van der Waals surface area contributed by atoms with Crippen LogP contribution in [0.3, 0.4) is 0 Å². The Morgan fingerprint density at radius 3 is 2.33 bits per heavy atom. The molecule has 0 atom stereocenters. The van der Waals surface area contributed by atoms with Crippen LogP contribution in [0.5, 0.6) is 0 Å². The van der Waals surface area contributed by atoms with Gasteiger partial charge in [0.1, 0.15) is 0 Å². The van der Waals surface area contributed by atoms with E-state index in [9.17, 15) is 0 Å². The third kappa shape index (κ3) is 5.83. The van der Waals surface area contributed by atoms with Crippen molar-refractivity contribution in [3.63, 3.8) is 0 Å². The van der Waals surface area contributed by atoms with Crippen molar-refractivity contribution in [3.8, 4) is 0 Å². The molecule has 0 nitrogen and oxygen atoms in total. The molecule has 0 aliphatic rings. The van der Waals surface area contributed by atoms with E-state index in [0.29, 0.717) is 0 Å². The summed E-state index contributed by atoms with van der Waals surface area (Å²) in [5, 5.41) is 0. The standard InChI is InChI=1S/C8H11I/c1-4-7(2)5-6-8(3)9/h4-6H,3H2,1-2H3/b6-5-,7-4-. The zero-order valence-corrected chi connectivity index (χ0v) is 7.97. The fourth-order valence-electron chi connectivity index (χ4n) is 0.318. The van der Waals surface area contributed by atoms with Crippen LogP contribution in [0.4, 0.5) is 0 Å². The van der Waals surface area contributed by atoms with Crippen molar-refractivity contribution >= 4 is 22.6 Å². The molecular weight excluding hydrogens is 223 g/mol. The van der Waals surface area contributed by atoms with Crippen LogP contribution in [0, 0.1) is 0 Å². The van der Waals surface area contributed by atoms with Gasteiger partial charge in [0.05, 0.1) is 0 Å². The summed E-state index contributed by atoms with van der Waals surface area (Å²) in [6, 6.07) is 0. The predicted octanol–water partition coefficient (Wildman–Crippen LogP) is 3.46. The lowest BCUT2D eigenvalue weighted by Crippen LogP contribution is -1.63. The molecule has 0 fully saturated rings. The first-order valence-corrected chi connectivity index (χ1v) is 3.90. The zero-order chi connectivity index (χ0) is 7.28. The van der Waals surface area contributed by atoms with Crippen LogP contribution in [0.15, 0.2) is 34.0 Å². The van der Waals surface area contributed by atoms with Crippen LogP contribution in [0.1, 0.15) is 13.8 Å². The zero-order valence-electron chi connectivity index (χ0n) is 5.82. The first kappa shape index (κ1) is 8.95. The second-order valence-corrected chi connectivity index (χ2v) is 3.20. The third-order valence-corrected chi connectivity index (χ3v) is 1.34. The molecule has 0 rings (SSSR count). The Kier molecular flexibility index (Phi) is 4.77. The number of allylic oxidation sites excluding steroid dienone is 5. The Morgan fingerprint density at radius 1 is 1.44 bits per heavy atom. The molecule has 0 saturated carbocycles. The minimum absolute atomic E-state index is 1.06. The lowest BCUT2D eigenvalue weighted by atomic mass is 10.3. The molecule has 0 aromatic heterocycles. The van der Waals surface area contributed by atoms with Crippen LogP contribution in [-0.4, -0.2) is 0 Å². The fraction of sp³-hybridized carbons (Fsp3) is 0.250. The summed E-state index contributed by atoms with van der Waals surface area (Å²) in [7, 11) is 0. The minimum atomic E-state index is 1.06. The minimum Gasteiger partial charge on any atom is -0.0856 e. The molecule has 9 heavy (non-hydrogen) atoms. The quantitative estimate of drug-likeness (QED) is 0.507. The van der Waals surface area contributed by atoms with Gasteiger partial charge >= 0.3 is 0 Å². The van der Waals surface area contributed by atoms with Crippen molar-refractivity contribution in [2.24, 2.45) is 0 Å². The lowest BCUT2D eigenvalue weighted by molar-refractivity contribution is 1.48. The molecule has 0 spiro atoms. The Labute approximate surface area is 70.5 Å². The van der Waals surface area contributed by atoms with E-state index in [1.54, 1.807) is 0 Å². The number of hydrogen-bond acceptors (Lipinski definition) is 0. The summed E-state index contributed by atoms with van der Waals surface area (Å²) in [5.41, 5.74) is 1.27. The highest BCUT2D eigenvalue weighted by Crippen LogP contribution is 2.05. The van der Waals surface area contributed by atoms with E-state index in [2.05, 4.69) is 48.2 Å². The largest absolute Gasteiger partial charge is 0.0856 e. The van der Waals surface area contributed by atoms with Crippen LogP contribution < -0.4 is 0 Å². The van der Waals surface area contributed by atoms with Gasteiger partial charge in [-0.25, -0.2) is 0 Å². The molecule has 0 bridgehead atoms. The van der Waals surface area contributed by atoms with Gasteiger partial charge in [-0.3, -0.25) is 0 Å². The van der Waals surface area contributed by atoms with Crippen LogP contribution in [-0.2, 0) is 0 Å². The van der Waals surface area contributed by atoms with Crippen molar-refractivity contribution in [1.29, 1.82) is 0 Å². The van der Waals surface area contributed by atoms with Gasteiger partial charge in [0.2, 0.25) is 0 Å². The van der Waals surface area contributed by atoms with Crippen molar-refractivity contribution in [1.82, 2.24) is 0 Å². The summed E-state index contributed by atoms with van der Waals surface area (Å²) < 4.78 is 1.06. The first-order chi connectivity index (χ1) is 4.16. The van der Waals surface area contributed by atoms with Gasteiger partial charge in [0.15, 0.2) is 0 Å². The highest BCUT2D eigenvalue weighted by molar-refractivity contribution is 14.1. The van der Waals surface area contributed by atoms with Crippen molar-refractivity contribution in [3.05, 3.63) is 34.0 Å². The average molecular weight is 234 g/mol. The van der Waals surface area contributed by atoms with E-state index in [1.165, 1.54) is 5.57 Å². The monoisotopic (exact) mass is 234 g/mol. The van der Waals surface area contributed by atoms with Gasteiger partial charge in [0.25, 0.3) is 0 Å². The number of halogens is 1. The summed E-state index contributed by atoms with van der Waals surface area (Å²) >= 11 is 2.18. The topological polar surface area (TPSA) is 0 Å². The van der Waals surface area contributed by atoms with E-state index >= 15 is 0 Å². The lowest BCUT2D eigenvalue weighted by Gasteiger charge is -1.85. The smallest absolute Gasteiger partial charge is 0.00580 e.